The maximum Gasteiger partial charge on any atom is 0.416 e. The van der Waals surface area contributed by atoms with Crippen molar-refractivity contribution in [3.63, 3.8) is 0 Å². The summed E-state index contributed by atoms with van der Waals surface area (Å²) >= 11 is 0. The van der Waals surface area contributed by atoms with Crippen LogP contribution in [0.2, 0.25) is 0 Å². The predicted molar refractivity (Wildman–Crippen MR) is 93.7 cm³/mol. The number of hydrogen-bond acceptors (Lipinski definition) is 3. The van der Waals surface area contributed by atoms with Crippen LogP contribution in [-0.2, 0) is 19.8 Å². The van der Waals surface area contributed by atoms with E-state index >= 15 is 0 Å². The highest BCUT2D eigenvalue weighted by Gasteiger charge is 2.30. The number of halogens is 3. The molecule has 26 heavy (non-hydrogen) atoms. The summed E-state index contributed by atoms with van der Waals surface area (Å²) in [6.07, 6.45) is -2.17. The van der Waals surface area contributed by atoms with Crippen LogP contribution in [0.4, 0.5) is 13.2 Å². The zero-order valence-electron chi connectivity index (χ0n) is 15.0. The first-order valence-corrected chi connectivity index (χ1v) is 8.25. The zero-order valence-corrected chi connectivity index (χ0v) is 15.0. The fraction of sp³-hybridized carbons (Fsp3) is 0.471. The van der Waals surface area contributed by atoms with Crippen LogP contribution in [-0.4, -0.2) is 34.3 Å². The molecule has 142 valence electrons. The van der Waals surface area contributed by atoms with Gasteiger partial charge in [0.1, 0.15) is 12.2 Å². The van der Waals surface area contributed by atoms with Gasteiger partial charge in [0.25, 0.3) is 0 Å². The molecule has 1 heterocycles. The van der Waals surface area contributed by atoms with Gasteiger partial charge in [0.05, 0.1) is 12.1 Å². The SMILES string of the molecule is CN=C(NCCC(C)c1cccc(C(F)(F)F)c1)NCc1ncnn1C. The van der Waals surface area contributed by atoms with Gasteiger partial charge in [0.2, 0.25) is 0 Å². The van der Waals surface area contributed by atoms with Crippen LogP contribution < -0.4 is 10.6 Å². The topological polar surface area (TPSA) is 67.1 Å². The van der Waals surface area contributed by atoms with Gasteiger partial charge in [-0.05, 0) is 24.0 Å². The molecule has 1 aromatic carbocycles. The third kappa shape index (κ3) is 5.47. The molecule has 9 heteroatoms. The van der Waals surface area contributed by atoms with Crippen molar-refractivity contribution in [2.45, 2.75) is 32.0 Å². The second-order valence-electron chi connectivity index (χ2n) is 5.97. The van der Waals surface area contributed by atoms with Gasteiger partial charge in [-0.1, -0.05) is 25.1 Å². The van der Waals surface area contributed by atoms with Gasteiger partial charge in [-0.2, -0.15) is 18.3 Å². The van der Waals surface area contributed by atoms with Crippen molar-refractivity contribution in [3.05, 3.63) is 47.5 Å². The summed E-state index contributed by atoms with van der Waals surface area (Å²) in [7, 11) is 3.46. The highest BCUT2D eigenvalue weighted by molar-refractivity contribution is 5.79. The first kappa shape index (κ1) is 19.7. The summed E-state index contributed by atoms with van der Waals surface area (Å²) in [6, 6.07) is 5.48. The smallest absolute Gasteiger partial charge is 0.356 e. The Kier molecular flexibility index (Phi) is 6.59. The number of hydrogen-bond donors (Lipinski definition) is 2. The number of guanidine groups is 1. The van der Waals surface area contributed by atoms with Crippen molar-refractivity contribution in [1.29, 1.82) is 0 Å². The average Bonchev–Trinajstić information content (AvgIpc) is 3.02. The standard InChI is InChI=1S/C17H23F3N6/c1-12(13-5-4-6-14(9-13)17(18,19)20)7-8-22-16(21-2)23-10-15-24-11-25-26(15)3/h4-6,9,11-12H,7-8,10H2,1-3H3,(H2,21,22,23). The van der Waals surface area contributed by atoms with E-state index in [-0.39, 0.29) is 5.92 Å². The average molecular weight is 368 g/mol. The fourth-order valence-corrected chi connectivity index (χ4v) is 2.46. The summed E-state index contributed by atoms with van der Waals surface area (Å²) < 4.78 is 40.1. The third-order valence-corrected chi connectivity index (χ3v) is 4.10. The molecule has 0 bridgehead atoms. The Morgan fingerprint density at radius 1 is 1.31 bits per heavy atom. The van der Waals surface area contributed by atoms with Gasteiger partial charge in [-0.15, -0.1) is 0 Å². The summed E-state index contributed by atoms with van der Waals surface area (Å²) in [6.45, 7) is 2.96. The van der Waals surface area contributed by atoms with Crippen LogP contribution in [0.25, 0.3) is 0 Å². The number of aryl methyl sites for hydroxylation is 1. The molecule has 1 aromatic heterocycles. The van der Waals surface area contributed by atoms with Crippen LogP contribution in [0.5, 0.6) is 0 Å². The molecule has 0 radical (unpaired) electrons. The van der Waals surface area contributed by atoms with Gasteiger partial charge in [0, 0.05) is 20.6 Å². The number of aromatic nitrogens is 3. The number of rotatable bonds is 6. The molecule has 2 rings (SSSR count). The molecule has 0 aliphatic heterocycles. The molecule has 0 fully saturated rings. The van der Waals surface area contributed by atoms with E-state index in [4.69, 9.17) is 0 Å². The summed E-state index contributed by atoms with van der Waals surface area (Å²) in [5.41, 5.74) is 0.0552. The Morgan fingerprint density at radius 3 is 2.69 bits per heavy atom. The van der Waals surface area contributed by atoms with E-state index in [1.54, 1.807) is 24.8 Å². The van der Waals surface area contributed by atoms with Gasteiger partial charge in [0.15, 0.2) is 5.96 Å². The largest absolute Gasteiger partial charge is 0.416 e. The molecule has 0 amide bonds. The normalized spacial score (nSPS) is 13.5. The van der Waals surface area contributed by atoms with E-state index in [0.29, 0.717) is 31.0 Å². The molecular weight excluding hydrogens is 345 g/mol. The van der Waals surface area contributed by atoms with E-state index in [1.807, 2.05) is 6.92 Å². The lowest BCUT2D eigenvalue weighted by Crippen LogP contribution is -2.38. The second-order valence-corrected chi connectivity index (χ2v) is 5.97. The molecule has 0 spiro atoms. The summed E-state index contributed by atoms with van der Waals surface area (Å²) in [5.74, 6) is 1.36. The second kappa shape index (κ2) is 8.68. The predicted octanol–water partition coefficient (Wildman–Crippen LogP) is 2.69. The van der Waals surface area contributed by atoms with Crippen molar-refractivity contribution < 1.29 is 13.2 Å². The lowest BCUT2D eigenvalue weighted by molar-refractivity contribution is -0.137. The Labute approximate surface area is 150 Å². The van der Waals surface area contributed by atoms with E-state index in [9.17, 15) is 13.2 Å². The third-order valence-electron chi connectivity index (χ3n) is 4.10. The maximum atomic E-state index is 12.8. The van der Waals surface area contributed by atoms with Crippen molar-refractivity contribution in [1.82, 2.24) is 25.4 Å². The minimum Gasteiger partial charge on any atom is -0.356 e. The van der Waals surface area contributed by atoms with Gasteiger partial charge in [-0.25, -0.2) is 4.98 Å². The molecule has 0 saturated heterocycles. The van der Waals surface area contributed by atoms with Crippen molar-refractivity contribution in [2.75, 3.05) is 13.6 Å². The van der Waals surface area contributed by atoms with E-state index < -0.39 is 11.7 Å². The molecule has 1 atom stereocenters. The zero-order chi connectivity index (χ0) is 19.2. The van der Waals surface area contributed by atoms with Gasteiger partial charge in [-0.3, -0.25) is 9.67 Å². The number of nitrogens with zero attached hydrogens (tertiary/aromatic N) is 4. The number of nitrogens with one attached hydrogen (secondary N) is 2. The van der Waals surface area contributed by atoms with Crippen molar-refractivity contribution in [2.24, 2.45) is 12.0 Å². The molecule has 0 aliphatic carbocycles. The van der Waals surface area contributed by atoms with Crippen LogP contribution in [0.3, 0.4) is 0 Å². The molecule has 0 saturated carbocycles. The molecule has 1 unspecified atom stereocenters. The Hall–Kier alpha value is -2.58. The van der Waals surface area contributed by atoms with E-state index in [2.05, 4.69) is 25.7 Å². The highest BCUT2D eigenvalue weighted by Crippen LogP contribution is 2.31. The Morgan fingerprint density at radius 2 is 2.08 bits per heavy atom. The molecular formula is C17H23F3N6. The van der Waals surface area contributed by atoms with E-state index in [1.165, 1.54) is 18.5 Å². The van der Waals surface area contributed by atoms with Crippen LogP contribution in [0.1, 0.15) is 36.2 Å². The first-order chi connectivity index (χ1) is 12.3. The lowest BCUT2D eigenvalue weighted by Gasteiger charge is -2.16. The summed E-state index contributed by atoms with van der Waals surface area (Å²) in [4.78, 5) is 8.23. The van der Waals surface area contributed by atoms with Crippen molar-refractivity contribution >= 4 is 5.96 Å². The molecule has 2 N–H and O–H groups in total. The summed E-state index contributed by atoms with van der Waals surface area (Å²) in [5, 5.41) is 10.3. The monoisotopic (exact) mass is 368 g/mol. The number of aliphatic imine (C=N–C) groups is 1. The minimum absolute atomic E-state index is 0.0124. The lowest BCUT2D eigenvalue weighted by atomic mass is 9.96. The quantitative estimate of drug-likeness (QED) is 0.608. The van der Waals surface area contributed by atoms with Crippen LogP contribution >= 0.6 is 0 Å². The maximum absolute atomic E-state index is 12.8. The van der Waals surface area contributed by atoms with Crippen molar-refractivity contribution in [3.8, 4) is 0 Å². The first-order valence-electron chi connectivity index (χ1n) is 8.25. The van der Waals surface area contributed by atoms with Crippen LogP contribution in [0.15, 0.2) is 35.6 Å². The van der Waals surface area contributed by atoms with Gasteiger partial charge >= 0.3 is 6.18 Å². The Bertz CT molecular complexity index is 738. The van der Waals surface area contributed by atoms with Gasteiger partial charge < -0.3 is 10.6 Å². The Balaban J connectivity index is 1.83. The fourth-order valence-electron chi connectivity index (χ4n) is 2.46. The highest BCUT2D eigenvalue weighted by atomic mass is 19.4. The molecule has 2 aromatic rings. The minimum atomic E-state index is -4.32. The van der Waals surface area contributed by atoms with E-state index in [0.717, 1.165) is 11.9 Å². The number of alkyl halides is 3. The van der Waals surface area contributed by atoms with Crippen LogP contribution in [0, 0.1) is 0 Å². The molecule has 6 nitrogen and oxygen atoms in total. The molecule has 0 aliphatic rings. The number of benzene rings is 1.